The Morgan fingerprint density at radius 3 is 0.934 bits per heavy atom. The molecule has 0 atom stereocenters. The summed E-state index contributed by atoms with van der Waals surface area (Å²) in [6.07, 6.45) is 0. The number of fused-ring (bicyclic) bond motifs is 9. The number of anilines is 6. The van der Waals surface area contributed by atoms with Crippen molar-refractivity contribution in [1.82, 2.24) is 9.13 Å². The zero-order chi connectivity index (χ0) is 60.6. The Kier molecular flexibility index (Phi) is 12.8. The summed E-state index contributed by atoms with van der Waals surface area (Å²) in [4.78, 5) is 4.61. The van der Waals surface area contributed by atoms with E-state index < -0.39 is 5.41 Å². The summed E-state index contributed by atoms with van der Waals surface area (Å²) in [6, 6.07) is 117. The van der Waals surface area contributed by atoms with Crippen LogP contribution in [-0.4, -0.2) is 9.13 Å². The molecule has 0 fully saturated rings. The molecule has 14 aromatic carbocycles. The lowest BCUT2D eigenvalue weighted by atomic mass is 9.67. The van der Waals surface area contributed by atoms with Crippen molar-refractivity contribution in [2.45, 2.75) is 5.41 Å². The predicted octanol–water partition coefficient (Wildman–Crippen LogP) is 22.8. The number of para-hydroxylation sites is 4. The van der Waals surface area contributed by atoms with Gasteiger partial charge in [0.15, 0.2) is 0 Å². The summed E-state index contributed by atoms with van der Waals surface area (Å²) < 4.78 is 37.3. The highest BCUT2D eigenvalue weighted by molar-refractivity contribution is 6.12. The second-order valence-electron chi connectivity index (χ2n) is 23.5. The summed E-state index contributed by atoms with van der Waals surface area (Å²) in [5, 5.41) is 4.57. The van der Waals surface area contributed by atoms with Gasteiger partial charge in [-0.1, -0.05) is 194 Å². The van der Waals surface area contributed by atoms with Crippen LogP contribution >= 0.6 is 0 Å². The first-order valence-electron chi connectivity index (χ1n) is 30.8. The van der Waals surface area contributed by atoms with Gasteiger partial charge < -0.3 is 18.9 Å². The van der Waals surface area contributed by atoms with Crippen LogP contribution in [0.25, 0.3) is 88.4 Å². The van der Waals surface area contributed by atoms with Gasteiger partial charge in [0, 0.05) is 67.0 Å². The molecule has 0 aliphatic heterocycles. The van der Waals surface area contributed by atoms with Crippen LogP contribution in [0.3, 0.4) is 0 Å². The maximum absolute atomic E-state index is 16.3. The molecule has 17 rings (SSSR count). The molecule has 91 heavy (non-hydrogen) atoms. The first-order valence-corrected chi connectivity index (χ1v) is 30.8. The molecule has 6 heteroatoms. The summed E-state index contributed by atoms with van der Waals surface area (Å²) in [6.45, 7) is 0. The minimum atomic E-state index is -1.15. The van der Waals surface area contributed by atoms with Gasteiger partial charge in [-0.3, -0.25) is 0 Å². The van der Waals surface area contributed by atoms with Crippen molar-refractivity contribution in [3.63, 3.8) is 0 Å². The molecule has 1 aliphatic carbocycles. The second-order valence-corrected chi connectivity index (χ2v) is 23.5. The molecule has 2 aromatic heterocycles. The molecule has 0 unspecified atom stereocenters. The molecule has 0 saturated carbocycles. The maximum Gasteiger partial charge on any atom is 0.123 e. The van der Waals surface area contributed by atoms with E-state index in [1.807, 2.05) is 24.3 Å². The van der Waals surface area contributed by atoms with Crippen molar-refractivity contribution < 1.29 is 8.78 Å². The summed E-state index contributed by atoms with van der Waals surface area (Å²) >= 11 is 0. The number of halogens is 2. The van der Waals surface area contributed by atoms with Crippen LogP contribution in [0.4, 0.5) is 42.9 Å². The number of hydrogen-bond donors (Lipinski definition) is 0. The monoisotopic (exact) mass is 1170 g/mol. The Hall–Kier alpha value is -11.9. The molecule has 430 valence electrons. The fourth-order valence-electron chi connectivity index (χ4n) is 14.4. The Morgan fingerprint density at radius 2 is 0.549 bits per heavy atom. The van der Waals surface area contributed by atoms with Crippen molar-refractivity contribution in [3.8, 4) is 44.8 Å². The lowest BCUT2D eigenvalue weighted by molar-refractivity contribution is 0.616. The van der Waals surface area contributed by atoms with E-state index in [-0.39, 0.29) is 11.6 Å². The van der Waals surface area contributed by atoms with E-state index in [1.165, 1.54) is 12.1 Å². The van der Waals surface area contributed by atoms with Gasteiger partial charge in [0.25, 0.3) is 0 Å². The van der Waals surface area contributed by atoms with Crippen molar-refractivity contribution >= 4 is 77.7 Å². The van der Waals surface area contributed by atoms with Crippen LogP contribution in [0.1, 0.15) is 22.3 Å². The number of rotatable bonds is 12. The minimum Gasteiger partial charge on any atom is -0.310 e. The average Bonchev–Trinajstić information content (AvgIpc) is 1.56. The van der Waals surface area contributed by atoms with Crippen molar-refractivity contribution in [1.29, 1.82) is 0 Å². The van der Waals surface area contributed by atoms with Gasteiger partial charge in [0.05, 0.1) is 27.5 Å². The SMILES string of the molecule is Fc1ccc2c(c1)C(c1ccc(N(c3ccc(-c4ccccc4)cc3)c3ccc4c(c3)c3ccccc3n4-c3ccccc3)cc1)(c1ccc(N(c3ccc(-c4ccccc4)cc3)c3ccc4c(c3)c3ccccc3n4-c3ccccc3)cc1)c1cc(F)ccc1-2. The Balaban J connectivity index is 0.832. The molecule has 0 N–H and O–H groups in total. The third kappa shape index (κ3) is 8.86. The van der Waals surface area contributed by atoms with E-state index in [0.29, 0.717) is 0 Å². The summed E-state index contributed by atoms with van der Waals surface area (Å²) in [5.41, 5.74) is 20.7. The van der Waals surface area contributed by atoms with Crippen LogP contribution < -0.4 is 9.80 Å². The topological polar surface area (TPSA) is 16.3 Å². The van der Waals surface area contributed by atoms with Crippen molar-refractivity contribution in [2.75, 3.05) is 9.80 Å². The van der Waals surface area contributed by atoms with Crippen LogP contribution in [0.2, 0.25) is 0 Å². The smallest absolute Gasteiger partial charge is 0.123 e. The number of benzene rings is 14. The molecule has 2 heterocycles. The van der Waals surface area contributed by atoms with E-state index >= 15 is 8.78 Å². The molecule has 0 radical (unpaired) electrons. The van der Waals surface area contributed by atoms with Gasteiger partial charge >= 0.3 is 0 Å². The average molecular weight is 1170 g/mol. The van der Waals surface area contributed by atoms with E-state index in [2.05, 4.69) is 310 Å². The Morgan fingerprint density at radius 1 is 0.242 bits per heavy atom. The summed E-state index contributed by atoms with van der Waals surface area (Å²) in [7, 11) is 0. The molecule has 0 spiro atoms. The predicted molar refractivity (Wildman–Crippen MR) is 373 cm³/mol. The van der Waals surface area contributed by atoms with Gasteiger partial charge in [-0.2, -0.15) is 0 Å². The summed E-state index contributed by atoms with van der Waals surface area (Å²) in [5.74, 6) is -0.735. The van der Waals surface area contributed by atoms with Crippen LogP contribution in [-0.2, 0) is 5.41 Å². The second kappa shape index (κ2) is 21.8. The number of aromatic nitrogens is 2. The highest BCUT2D eigenvalue weighted by atomic mass is 19.1. The highest BCUT2D eigenvalue weighted by Gasteiger charge is 2.47. The lowest BCUT2D eigenvalue weighted by Gasteiger charge is -2.35. The molecule has 16 aromatic rings. The van der Waals surface area contributed by atoms with Crippen molar-refractivity contribution in [2.24, 2.45) is 0 Å². The van der Waals surface area contributed by atoms with Gasteiger partial charge in [0.2, 0.25) is 0 Å². The molecule has 0 bridgehead atoms. The first kappa shape index (κ1) is 53.4. The van der Waals surface area contributed by atoms with Gasteiger partial charge in [-0.15, -0.1) is 0 Å². The number of hydrogen-bond acceptors (Lipinski definition) is 2. The van der Waals surface area contributed by atoms with Crippen LogP contribution in [0.5, 0.6) is 0 Å². The zero-order valence-electron chi connectivity index (χ0n) is 49.4. The molecule has 4 nitrogen and oxygen atoms in total. The molecule has 1 aliphatic rings. The molecule has 0 saturated heterocycles. The fourth-order valence-corrected chi connectivity index (χ4v) is 14.4. The van der Waals surface area contributed by atoms with E-state index in [1.54, 1.807) is 12.1 Å². The van der Waals surface area contributed by atoms with Gasteiger partial charge in [0.1, 0.15) is 11.6 Å². The van der Waals surface area contributed by atoms with E-state index in [0.717, 1.165) is 145 Å². The Bertz CT molecular complexity index is 5050. The van der Waals surface area contributed by atoms with Gasteiger partial charge in [-0.25, -0.2) is 8.78 Å². The third-order valence-corrected chi connectivity index (χ3v) is 18.5. The molecular weight excluding hydrogens is 1110 g/mol. The Labute approximate surface area is 526 Å². The van der Waals surface area contributed by atoms with Crippen LogP contribution in [0.15, 0.2) is 340 Å². The van der Waals surface area contributed by atoms with E-state index in [9.17, 15) is 0 Å². The normalized spacial score (nSPS) is 12.4. The molecular formula is C85H56F2N4. The first-order chi connectivity index (χ1) is 44.9. The maximum atomic E-state index is 16.3. The zero-order valence-corrected chi connectivity index (χ0v) is 49.4. The van der Waals surface area contributed by atoms with E-state index in [4.69, 9.17) is 0 Å². The highest BCUT2D eigenvalue weighted by Crippen LogP contribution is 2.57. The van der Waals surface area contributed by atoms with Crippen LogP contribution in [0, 0.1) is 11.6 Å². The quantitative estimate of drug-likeness (QED) is 0.121. The number of nitrogens with zero attached hydrogens (tertiary/aromatic N) is 4. The largest absolute Gasteiger partial charge is 0.310 e. The third-order valence-electron chi connectivity index (χ3n) is 18.5. The van der Waals surface area contributed by atoms with Gasteiger partial charge in [-0.05, 0) is 201 Å². The van der Waals surface area contributed by atoms with Crippen molar-refractivity contribution in [3.05, 3.63) is 374 Å². The standard InChI is InChI=1S/C85H56F2N4/c86-63-37-49-73-74-50-38-64(87)54-80(74)85(79(73)53-63,61-33-43-69(44-34-61)88(67-39-29-59(30-40-67)57-17-5-1-6-18-57)71-47-51-83-77(55-71)75-25-13-15-27-81(75)90(83)65-21-9-3-10-22-65)62-35-45-70(46-36-62)89(68-41-31-60(32-42-68)58-19-7-2-8-20-58)72-48-52-84-78(56-72)76-26-14-16-28-82(76)91(84)66-23-11-4-12-24-66/h1-56H. The minimum absolute atomic E-state index is 0.368. The lowest BCUT2D eigenvalue weighted by Crippen LogP contribution is -2.29. The fraction of sp³-hybridized carbons (Fsp3) is 0.0118. The molecule has 0 amide bonds.